The molecule has 138 valence electrons. The smallest absolute Gasteiger partial charge is 0.245 e. The number of carbonyl (C=O) groups excluding carboxylic acids is 1. The molecule has 0 fully saturated rings. The normalized spacial score (nSPS) is 10.8. The standard InChI is InChI=1S/C18H19FN2O4S/c1-3-10-25-17-9-5-7-15(12-17)20-18(22)13-21(26(2,23)24)16-8-4-6-14(19)11-16/h3-9,11-12H,1,10,13H2,2H3,(H,20,22). The van der Waals surface area contributed by atoms with Crippen molar-refractivity contribution in [1.82, 2.24) is 0 Å². The van der Waals surface area contributed by atoms with Crippen molar-refractivity contribution in [2.45, 2.75) is 0 Å². The summed E-state index contributed by atoms with van der Waals surface area (Å²) < 4.78 is 43.6. The van der Waals surface area contributed by atoms with Crippen LogP contribution in [0.15, 0.2) is 61.2 Å². The van der Waals surface area contributed by atoms with Gasteiger partial charge in [0.05, 0.1) is 11.9 Å². The van der Waals surface area contributed by atoms with Crippen LogP contribution in [0.5, 0.6) is 5.75 Å². The number of hydrogen-bond donors (Lipinski definition) is 1. The van der Waals surface area contributed by atoms with Crippen LogP contribution in [-0.2, 0) is 14.8 Å². The van der Waals surface area contributed by atoms with Crippen LogP contribution in [0.2, 0.25) is 0 Å². The quantitative estimate of drug-likeness (QED) is 0.717. The van der Waals surface area contributed by atoms with Crippen LogP contribution >= 0.6 is 0 Å². The van der Waals surface area contributed by atoms with Crippen LogP contribution in [0.4, 0.5) is 15.8 Å². The van der Waals surface area contributed by atoms with Gasteiger partial charge in [0.15, 0.2) is 0 Å². The van der Waals surface area contributed by atoms with Crippen LogP contribution in [0, 0.1) is 5.82 Å². The van der Waals surface area contributed by atoms with E-state index in [9.17, 15) is 17.6 Å². The van der Waals surface area contributed by atoms with E-state index in [0.717, 1.165) is 16.6 Å². The molecule has 0 aromatic heterocycles. The summed E-state index contributed by atoms with van der Waals surface area (Å²) in [6, 6.07) is 11.7. The monoisotopic (exact) mass is 378 g/mol. The molecule has 1 amide bonds. The summed E-state index contributed by atoms with van der Waals surface area (Å²) in [5.74, 6) is -0.628. The number of halogens is 1. The van der Waals surface area contributed by atoms with Gasteiger partial charge in [-0.2, -0.15) is 0 Å². The van der Waals surface area contributed by atoms with Gasteiger partial charge in [0.25, 0.3) is 0 Å². The van der Waals surface area contributed by atoms with Gasteiger partial charge < -0.3 is 10.1 Å². The SMILES string of the molecule is C=CCOc1cccc(NC(=O)CN(c2cccc(F)c2)S(C)(=O)=O)c1. The van der Waals surface area contributed by atoms with E-state index in [1.165, 1.54) is 18.2 Å². The second kappa shape index (κ2) is 8.48. The summed E-state index contributed by atoms with van der Waals surface area (Å²) >= 11 is 0. The number of nitrogens with one attached hydrogen (secondary N) is 1. The minimum absolute atomic E-state index is 0.0747. The predicted octanol–water partition coefficient (Wildman–Crippen LogP) is 2.80. The Balaban J connectivity index is 2.14. The van der Waals surface area contributed by atoms with Crippen LogP contribution < -0.4 is 14.4 Å². The number of sulfonamides is 1. The molecule has 2 aromatic rings. The number of amides is 1. The highest BCUT2D eigenvalue weighted by Crippen LogP contribution is 2.20. The summed E-state index contributed by atoms with van der Waals surface area (Å²) in [4.78, 5) is 12.3. The fraction of sp³-hybridized carbons (Fsp3) is 0.167. The van der Waals surface area contributed by atoms with Gasteiger partial charge in [-0.25, -0.2) is 12.8 Å². The second-order valence-corrected chi connectivity index (χ2v) is 7.33. The molecular weight excluding hydrogens is 359 g/mol. The first-order valence-electron chi connectivity index (χ1n) is 7.66. The van der Waals surface area contributed by atoms with Gasteiger partial charge in [-0.15, -0.1) is 0 Å². The first-order chi connectivity index (χ1) is 12.3. The number of benzene rings is 2. The van der Waals surface area contributed by atoms with Crippen molar-refractivity contribution in [3.8, 4) is 5.75 Å². The molecule has 26 heavy (non-hydrogen) atoms. The molecule has 0 saturated heterocycles. The molecule has 6 nitrogen and oxygen atoms in total. The minimum Gasteiger partial charge on any atom is -0.489 e. The van der Waals surface area contributed by atoms with Crippen LogP contribution in [0.1, 0.15) is 0 Å². The molecule has 8 heteroatoms. The molecule has 0 saturated carbocycles. The van der Waals surface area contributed by atoms with E-state index in [-0.39, 0.29) is 5.69 Å². The largest absolute Gasteiger partial charge is 0.489 e. The highest BCUT2D eigenvalue weighted by Gasteiger charge is 2.21. The highest BCUT2D eigenvalue weighted by molar-refractivity contribution is 7.92. The fourth-order valence-electron chi connectivity index (χ4n) is 2.18. The van der Waals surface area contributed by atoms with Gasteiger partial charge in [0, 0.05) is 11.8 Å². The molecule has 0 spiro atoms. The van der Waals surface area contributed by atoms with Crippen molar-refractivity contribution in [2.24, 2.45) is 0 Å². The number of rotatable bonds is 8. The van der Waals surface area contributed by atoms with E-state index in [2.05, 4.69) is 11.9 Å². The lowest BCUT2D eigenvalue weighted by atomic mass is 10.3. The molecule has 0 heterocycles. The molecule has 0 unspecified atom stereocenters. The lowest BCUT2D eigenvalue weighted by Gasteiger charge is -2.22. The molecule has 0 aliphatic rings. The Morgan fingerprint density at radius 1 is 1.27 bits per heavy atom. The number of ether oxygens (including phenoxy) is 1. The van der Waals surface area contributed by atoms with E-state index in [0.29, 0.717) is 18.0 Å². The Kier molecular flexibility index (Phi) is 6.35. The van der Waals surface area contributed by atoms with Gasteiger partial charge in [0.1, 0.15) is 24.7 Å². The van der Waals surface area contributed by atoms with Gasteiger partial charge in [-0.05, 0) is 30.3 Å². The zero-order valence-electron chi connectivity index (χ0n) is 14.2. The number of nitrogens with zero attached hydrogens (tertiary/aromatic N) is 1. The molecule has 0 bridgehead atoms. The fourth-order valence-corrected chi connectivity index (χ4v) is 3.03. The maximum Gasteiger partial charge on any atom is 0.245 e. The van der Waals surface area contributed by atoms with Crippen LogP contribution in [-0.4, -0.2) is 33.7 Å². The number of anilines is 2. The number of hydrogen-bond acceptors (Lipinski definition) is 4. The first-order valence-corrected chi connectivity index (χ1v) is 9.51. The molecule has 0 radical (unpaired) electrons. The summed E-state index contributed by atoms with van der Waals surface area (Å²) in [5.41, 5.74) is 0.523. The molecule has 0 aliphatic carbocycles. The molecule has 0 aliphatic heterocycles. The predicted molar refractivity (Wildman–Crippen MR) is 99.4 cm³/mol. The van der Waals surface area contributed by atoms with E-state index in [4.69, 9.17) is 4.74 Å². The van der Waals surface area contributed by atoms with E-state index in [1.54, 1.807) is 30.3 Å². The Hall–Kier alpha value is -2.87. The van der Waals surface area contributed by atoms with Crippen LogP contribution in [0.3, 0.4) is 0 Å². The van der Waals surface area contributed by atoms with Gasteiger partial charge in [0.2, 0.25) is 15.9 Å². The zero-order chi connectivity index (χ0) is 19.2. The summed E-state index contributed by atoms with van der Waals surface area (Å²) in [7, 11) is -3.77. The summed E-state index contributed by atoms with van der Waals surface area (Å²) in [5, 5.41) is 2.60. The Morgan fingerprint density at radius 2 is 2.00 bits per heavy atom. The Morgan fingerprint density at radius 3 is 2.65 bits per heavy atom. The third kappa shape index (κ3) is 5.59. The van der Waals surface area contributed by atoms with Crippen molar-refractivity contribution < 1.29 is 22.3 Å². The van der Waals surface area contributed by atoms with Gasteiger partial charge >= 0.3 is 0 Å². The molecule has 0 atom stereocenters. The average molecular weight is 378 g/mol. The van der Waals surface area contributed by atoms with Crippen molar-refractivity contribution in [2.75, 3.05) is 29.0 Å². The maximum absolute atomic E-state index is 13.4. The minimum atomic E-state index is -3.77. The van der Waals surface area contributed by atoms with E-state index >= 15 is 0 Å². The third-order valence-electron chi connectivity index (χ3n) is 3.27. The molecular formula is C18H19FN2O4S. The molecule has 2 aromatic carbocycles. The van der Waals surface area contributed by atoms with Gasteiger partial charge in [-0.1, -0.05) is 24.8 Å². The van der Waals surface area contributed by atoms with Crippen molar-refractivity contribution in [1.29, 1.82) is 0 Å². The number of carbonyl (C=O) groups is 1. The summed E-state index contributed by atoms with van der Waals surface area (Å²) in [6.45, 7) is 3.39. The molecule has 1 N–H and O–H groups in total. The molecule has 2 rings (SSSR count). The third-order valence-corrected chi connectivity index (χ3v) is 4.41. The van der Waals surface area contributed by atoms with E-state index in [1.807, 2.05) is 0 Å². The summed E-state index contributed by atoms with van der Waals surface area (Å²) in [6.07, 6.45) is 2.54. The zero-order valence-corrected chi connectivity index (χ0v) is 15.0. The highest BCUT2D eigenvalue weighted by atomic mass is 32.2. The first kappa shape index (κ1) is 19.5. The second-order valence-electron chi connectivity index (χ2n) is 5.43. The van der Waals surface area contributed by atoms with Crippen molar-refractivity contribution in [3.63, 3.8) is 0 Å². The average Bonchev–Trinajstić information content (AvgIpc) is 2.57. The van der Waals surface area contributed by atoms with Crippen LogP contribution in [0.25, 0.3) is 0 Å². The maximum atomic E-state index is 13.4. The van der Waals surface area contributed by atoms with Crippen molar-refractivity contribution >= 4 is 27.3 Å². The topological polar surface area (TPSA) is 75.7 Å². The lowest BCUT2D eigenvalue weighted by molar-refractivity contribution is -0.114. The Labute approximate surface area is 151 Å². The Bertz CT molecular complexity index is 900. The van der Waals surface area contributed by atoms with E-state index < -0.39 is 28.3 Å². The van der Waals surface area contributed by atoms with Gasteiger partial charge in [-0.3, -0.25) is 9.10 Å². The van der Waals surface area contributed by atoms with Crippen molar-refractivity contribution in [3.05, 3.63) is 67.0 Å². The lowest BCUT2D eigenvalue weighted by Crippen LogP contribution is -2.37.